The summed E-state index contributed by atoms with van der Waals surface area (Å²) < 4.78 is 5.33. The first-order chi connectivity index (χ1) is 10.1. The normalized spacial score (nSPS) is 15.0. The van der Waals surface area contributed by atoms with E-state index in [0.717, 1.165) is 33.7 Å². The maximum atomic E-state index is 12.2. The van der Waals surface area contributed by atoms with E-state index >= 15 is 0 Å². The number of benzene rings is 2. The van der Waals surface area contributed by atoms with Crippen molar-refractivity contribution in [1.82, 2.24) is 0 Å². The first-order valence-electron chi connectivity index (χ1n) is 6.88. The average Bonchev–Trinajstić information content (AvgIpc) is 2.78. The van der Waals surface area contributed by atoms with Crippen molar-refractivity contribution in [2.45, 2.75) is 13.8 Å². The van der Waals surface area contributed by atoms with Crippen molar-refractivity contribution >= 4 is 23.2 Å². The Hall–Kier alpha value is -2.55. The van der Waals surface area contributed by atoms with Crippen molar-refractivity contribution in [3.63, 3.8) is 0 Å². The number of amides is 1. The third-order valence-electron chi connectivity index (χ3n) is 3.79. The minimum absolute atomic E-state index is 0.0518. The second-order valence-electron chi connectivity index (χ2n) is 5.24. The fraction of sp³-hybridized carbons (Fsp3) is 0.167. The molecule has 1 aliphatic heterocycles. The van der Waals surface area contributed by atoms with Crippen LogP contribution in [-0.4, -0.2) is 13.0 Å². The smallest absolute Gasteiger partial charge is 0.256 e. The fourth-order valence-electron chi connectivity index (χ4n) is 2.63. The molecule has 106 valence electrons. The highest BCUT2D eigenvalue weighted by molar-refractivity contribution is 6.34. The number of hydrogen-bond donors (Lipinski definition) is 1. The fourth-order valence-corrected chi connectivity index (χ4v) is 2.63. The zero-order chi connectivity index (χ0) is 15.0. The number of methoxy groups -OCH3 is 1. The van der Waals surface area contributed by atoms with Crippen LogP contribution in [0.1, 0.15) is 22.3 Å². The van der Waals surface area contributed by atoms with E-state index < -0.39 is 0 Å². The molecule has 0 saturated carbocycles. The van der Waals surface area contributed by atoms with Gasteiger partial charge in [0, 0.05) is 16.8 Å². The zero-order valence-electron chi connectivity index (χ0n) is 12.4. The highest BCUT2D eigenvalue weighted by Crippen LogP contribution is 2.34. The second-order valence-corrected chi connectivity index (χ2v) is 5.24. The predicted molar refractivity (Wildman–Crippen MR) is 85.4 cm³/mol. The number of nitrogens with one attached hydrogen (secondary N) is 1. The summed E-state index contributed by atoms with van der Waals surface area (Å²) in [6.07, 6.45) is 1.95. The van der Waals surface area contributed by atoms with Crippen LogP contribution >= 0.6 is 0 Å². The van der Waals surface area contributed by atoms with Gasteiger partial charge in [-0.3, -0.25) is 4.79 Å². The lowest BCUT2D eigenvalue weighted by Crippen LogP contribution is -2.03. The average molecular weight is 279 g/mol. The molecule has 1 amide bonds. The van der Waals surface area contributed by atoms with Crippen molar-refractivity contribution in [3.05, 3.63) is 58.7 Å². The molecule has 0 bridgehead atoms. The van der Waals surface area contributed by atoms with Crippen LogP contribution in [0, 0.1) is 13.8 Å². The van der Waals surface area contributed by atoms with Gasteiger partial charge >= 0.3 is 0 Å². The Labute approximate surface area is 124 Å². The maximum absolute atomic E-state index is 12.2. The predicted octanol–water partition coefficient (Wildman–Crippen LogP) is 3.80. The van der Waals surface area contributed by atoms with E-state index in [2.05, 4.69) is 11.4 Å². The van der Waals surface area contributed by atoms with Crippen molar-refractivity contribution in [2.24, 2.45) is 0 Å². The van der Waals surface area contributed by atoms with Gasteiger partial charge < -0.3 is 10.1 Å². The highest BCUT2D eigenvalue weighted by Gasteiger charge is 2.23. The minimum Gasteiger partial charge on any atom is -0.496 e. The van der Waals surface area contributed by atoms with Gasteiger partial charge in [0.05, 0.1) is 7.11 Å². The summed E-state index contributed by atoms with van der Waals surface area (Å²) in [7, 11) is 1.67. The lowest BCUT2D eigenvalue weighted by atomic mass is 9.99. The standard InChI is InChI=1S/C18H17NO2/c1-11-9-17(21-3)12(2)8-13(11)10-15-14-6-4-5-7-16(14)19-18(15)20/h4-10H,1-3H3,(H,19,20). The first-order valence-corrected chi connectivity index (χ1v) is 6.88. The topological polar surface area (TPSA) is 38.3 Å². The van der Waals surface area contributed by atoms with Crippen LogP contribution in [0.2, 0.25) is 0 Å². The largest absolute Gasteiger partial charge is 0.496 e. The number of rotatable bonds is 2. The molecule has 0 saturated heterocycles. The molecule has 0 unspecified atom stereocenters. The molecule has 0 atom stereocenters. The van der Waals surface area contributed by atoms with Crippen LogP contribution in [0.4, 0.5) is 5.69 Å². The monoisotopic (exact) mass is 279 g/mol. The summed E-state index contributed by atoms with van der Waals surface area (Å²) in [5.41, 5.74) is 5.71. The van der Waals surface area contributed by atoms with Crippen molar-refractivity contribution in [1.29, 1.82) is 0 Å². The molecule has 0 radical (unpaired) electrons. The number of ether oxygens (including phenoxy) is 1. The zero-order valence-corrected chi connectivity index (χ0v) is 12.4. The van der Waals surface area contributed by atoms with Crippen molar-refractivity contribution in [3.8, 4) is 5.75 Å². The van der Waals surface area contributed by atoms with E-state index in [1.807, 2.05) is 50.3 Å². The summed E-state index contributed by atoms with van der Waals surface area (Å²) in [6, 6.07) is 11.8. The molecule has 2 aromatic rings. The Morgan fingerprint density at radius 1 is 1.10 bits per heavy atom. The quantitative estimate of drug-likeness (QED) is 0.849. The Bertz CT molecular complexity index is 760. The molecule has 2 aromatic carbocycles. The van der Waals surface area contributed by atoms with E-state index in [0.29, 0.717) is 5.57 Å². The minimum atomic E-state index is -0.0518. The molecule has 1 heterocycles. The number of aryl methyl sites for hydroxylation is 2. The van der Waals surface area contributed by atoms with Crippen molar-refractivity contribution < 1.29 is 9.53 Å². The molecule has 0 aliphatic carbocycles. The van der Waals surface area contributed by atoms with Gasteiger partial charge in [0.15, 0.2) is 0 Å². The van der Waals surface area contributed by atoms with E-state index in [4.69, 9.17) is 4.74 Å². The number of fused-ring (bicyclic) bond motifs is 1. The number of anilines is 1. The lowest BCUT2D eigenvalue weighted by molar-refractivity contribution is -0.110. The van der Waals surface area contributed by atoms with Gasteiger partial charge in [-0.25, -0.2) is 0 Å². The van der Waals surface area contributed by atoms with Crippen LogP contribution in [0.25, 0.3) is 11.6 Å². The van der Waals surface area contributed by atoms with Crippen LogP contribution < -0.4 is 10.1 Å². The SMILES string of the molecule is COc1cc(C)c(C=C2C(=O)Nc3ccccc32)cc1C. The van der Waals surface area contributed by atoms with Gasteiger partial charge in [0.25, 0.3) is 5.91 Å². The molecule has 0 fully saturated rings. The number of carbonyl (C=O) groups excluding carboxylic acids is 1. The molecule has 1 N–H and O–H groups in total. The summed E-state index contributed by atoms with van der Waals surface area (Å²) >= 11 is 0. The second kappa shape index (κ2) is 5.09. The van der Waals surface area contributed by atoms with Gasteiger partial charge in [-0.15, -0.1) is 0 Å². The van der Waals surface area contributed by atoms with E-state index in [1.165, 1.54) is 0 Å². The van der Waals surface area contributed by atoms with Gasteiger partial charge in [-0.1, -0.05) is 18.2 Å². The summed E-state index contributed by atoms with van der Waals surface area (Å²) in [4.78, 5) is 12.2. The summed E-state index contributed by atoms with van der Waals surface area (Å²) in [6.45, 7) is 4.02. The van der Waals surface area contributed by atoms with Gasteiger partial charge in [-0.05, 0) is 54.8 Å². The Morgan fingerprint density at radius 3 is 2.62 bits per heavy atom. The van der Waals surface area contributed by atoms with Gasteiger partial charge in [-0.2, -0.15) is 0 Å². The number of hydrogen-bond acceptors (Lipinski definition) is 2. The van der Waals surface area contributed by atoms with E-state index in [-0.39, 0.29) is 5.91 Å². The van der Waals surface area contributed by atoms with Crippen molar-refractivity contribution in [2.75, 3.05) is 12.4 Å². The molecule has 0 spiro atoms. The highest BCUT2D eigenvalue weighted by atomic mass is 16.5. The van der Waals surface area contributed by atoms with Crippen LogP contribution in [0.15, 0.2) is 36.4 Å². The third-order valence-corrected chi connectivity index (χ3v) is 3.79. The molecule has 3 nitrogen and oxygen atoms in total. The van der Waals surface area contributed by atoms with Crippen LogP contribution in [-0.2, 0) is 4.79 Å². The third kappa shape index (κ3) is 2.31. The Morgan fingerprint density at radius 2 is 1.86 bits per heavy atom. The van der Waals surface area contributed by atoms with E-state index in [1.54, 1.807) is 7.11 Å². The van der Waals surface area contributed by atoms with Gasteiger partial charge in [0.2, 0.25) is 0 Å². The first kappa shape index (κ1) is 13.4. The molecular weight excluding hydrogens is 262 g/mol. The molecule has 3 rings (SSSR count). The van der Waals surface area contributed by atoms with Crippen LogP contribution in [0.3, 0.4) is 0 Å². The molecule has 1 aliphatic rings. The number of carbonyl (C=O) groups is 1. The van der Waals surface area contributed by atoms with Gasteiger partial charge in [0.1, 0.15) is 5.75 Å². The van der Waals surface area contributed by atoms with Crippen LogP contribution in [0.5, 0.6) is 5.75 Å². The summed E-state index contributed by atoms with van der Waals surface area (Å²) in [5.74, 6) is 0.815. The lowest BCUT2D eigenvalue weighted by Gasteiger charge is -2.09. The van der Waals surface area contributed by atoms with E-state index in [9.17, 15) is 4.79 Å². The summed E-state index contributed by atoms with van der Waals surface area (Å²) in [5, 5.41) is 2.89. The number of para-hydroxylation sites is 1. The molecule has 21 heavy (non-hydrogen) atoms. The molecular formula is C18H17NO2. The molecule has 3 heteroatoms. The molecule has 0 aromatic heterocycles. The Balaban J connectivity index is 2.11. The maximum Gasteiger partial charge on any atom is 0.256 e. The Kier molecular flexibility index (Phi) is 3.26.